The lowest BCUT2D eigenvalue weighted by Gasteiger charge is -2.50. The van der Waals surface area contributed by atoms with E-state index in [9.17, 15) is 0 Å². The van der Waals surface area contributed by atoms with E-state index in [-0.39, 0.29) is 0 Å². The van der Waals surface area contributed by atoms with Crippen LogP contribution in [0.5, 0.6) is 11.5 Å². The van der Waals surface area contributed by atoms with Gasteiger partial charge in [0.2, 0.25) is 0 Å². The summed E-state index contributed by atoms with van der Waals surface area (Å²) < 4.78 is 11.8. The highest BCUT2D eigenvalue weighted by atomic mass is 16.5. The van der Waals surface area contributed by atoms with Crippen molar-refractivity contribution in [2.45, 2.75) is 0 Å². The molecule has 0 N–H and O–H groups in total. The number of benzene rings is 2. The van der Waals surface area contributed by atoms with Crippen LogP contribution in [0.4, 0.5) is 11.4 Å². The van der Waals surface area contributed by atoms with Gasteiger partial charge in [0.15, 0.2) is 0 Å². The van der Waals surface area contributed by atoms with Crippen LogP contribution < -0.4 is 19.3 Å². The molecule has 2 fully saturated rings. The average molecular weight is 369 g/mol. The van der Waals surface area contributed by atoms with Gasteiger partial charge in [-0.3, -0.25) is 0 Å². The summed E-state index contributed by atoms with van der Waals surface area (Å²) in [6, 6.07) is 16.9. The third-order valence-corrected chi connectivity index (χ3v) is 6.25. The summed E-state index contributed by atoms with van der Waals surface area (Å²) in [7, 11) is 3.44. The number of nitrogens with zero attached hydrogens (tertiary/aromatic N) is 3. The number of ether oxygens (including phenoxy) is 2. The molecule has 2 aliphatic heterocycles. The molecule has 0 unspecified atom stereocenters. The second-order valence-corrected chi connectivity index (χ2v) is 7.61. The van der Waals surface area contributed by atoms with E-state index in [1.54, 1.807) is 14.2 Å². The van der Waals surface area contributed by atoms with Crippen LogP contribution >= 0.6 is 0 Å². The van der Waals surface area contributed by atoms with E-state index in [0.717, 1.165) is 37.7 Å². The van der Waals surface area contributed by atoms with Gasteiger partial charge in [-0.1, -0.05) is 0 Å². The van der Waals surface area contributed by atoms with E-state index in [2.05, 4.69) is 58.3 Å². The minimum absolute atomic E-state index is 0.925. The topological polar surface area (TPSA) is 24.9 Å². The van der Waals surface area contributed by atoms with E-state index in [1.165, 1.54) is 42.0 Å². The SMILES string of the molecule is COc1ccc(N2CC[N+]3(CC2)CCN(c2ccc(OC)cc2)CC3)cc1. The number of hydrogen-bond acceptors (Lipinski definition) is 4. The molecule has 0 aromatic heterocycles. The maximum Gasteiger partial charge on any atom is 0.119 e. The Hall–Kier alpha value is -2.40. The van der Waals surface area contributed by atoms with Gasteiger partial charge in [-0.25, -0.2) is 0 Å². The maximum atomic E-state index is 5.27. The lowest BCUT2D eigenvalue weighted by atomic mass is 10.1. The number of methoxy groups -OCH3 is 2. The molecule has 0 aliphatic carbocycles. The third-order valence-electron chi connectivity index (χ3n) is 6.25. The van der Waals surface area contributed by atoms with Crippen molar-refractivity contribution < 1.29 is 14.0 Å². The molecule has 2 aromatic carbocycles. The summed E-state index contributed by atoms with van der Waals surface area (Å²) >= 11 is 0. The highest BCUT2D eigenvalue weighted by molar-refractivity contribution is 5.50. The predicted octanol–water partition coefficient (Wildman–Crippen LogP) is 2.86. The molecule has 4 rings (SSSR count). The molecule has 2 aromatic rings. The third kappa shape index (κ3) is 3.83. The summed E-state index contributed by atoms with van der Waals surface area (Å²) in [5.74, 6) is 1.85. The Morgan fingerprint density at radius 3 is 1.22 bits per heavy atom. The zero-order valence-electron chi connectivity index (χ0n) is 16.4. The van der Waals surface area contributed by atoms with Crippen LogP contribution in [0.15, 0.2) is 48.5 Å². The lowest BCUT2D eigenvalue weighted by molar-refractivity contribution is -0.929. The summed E-state index contributed by atoms with van der Waals surface area (Å²) in [6.07, 6.45) is 0. The van der Waals surface area contributed by atoms with Crippen LogP contribution in [0.3, 0.4) is 0 Å². The van der Waals surface area contributed by atoms with E-state index in [4.69, 9.17) is 9.47 Å². The second-order valence-electron chi connectivity index (χ2n) is 7.61. The number of piperazine rings is 2. The van der Waals surface area contributed by atoms with Gasteiger partial charge in [0.05, 0.1) is 66.6 Å². The summed E-state index contributed by atoms with van der Waals surface area (Å²) in [5.41, 5.74) is 2.62. The van der Waals surface area contributed by atoms with Crippen molar-refractivity contribution in [2.75, 3.05) is 76.4 Å². The molecule has 0 radical (unpaired) electrons. The number of anilines is 2. The monoisotopic (exact) mass is 368 g/mol. The number of rotatable bonds is 4. The van der Waals surface area contributed by atoms with Gasteiger partial charge >= 0.3 is 0 Å². The number of hydrogen-bond donors (Lipinski definition) is 0. The highest BCUT2D eigenvalue weighted by Gasteiger charge is 2.36. The van der Waals surface area contributed by atoms with Crippen LogP contribution in [0, 0.1) is 0 Å². The lowest BCUT2D eigenvalue weighted by Crippen LogP contribution is -2.66. The minimum atomic E-state index is 0.925. The molecular formula is C22H30N3O2+. The first-order chi connectivity index (χ1) is 13.2. The van der Waals surface area contributed by atoms with Crippen molar-refractivity contribution >= 4 is 11.4 Å². The Morgan fingerprint density at radius 2 is 0.926 bits per heavy atom. The Morgan fingerprint density at radius 1 is 0.593 bits per heavy atom. The zero-order valence-corrected chi connectivity index (χ0v) is 16.4. The molecule has 0 amide bonds. The molecule has 1 spiro atoms. The Balaban J connectivity index is 1.32. The van der Waals surface area contributed by atoms with Crippen LogP contribution in [-0.4, -0.2) is 71.1 Å². The van der Waals surface area contributed by atoms with Crippen LogP contribution in [0.25, 0.3) is 0 Å². The van der Waals surface area contributed by atoms with Crippen molar-refractivity contribution in [1.29, 1.82) is 0 Å². The first kappa shape index (κ1) is 18.0. The summed E-state index contributed by atoms with van der Waals surface area (Å²) in [6.45, 7) is 9.49. The van der Waals surface area contributed by atoms with Crippen LogP contribution in [0.2, 0.25) is 0 Å². The predicted molar refractivity (Wildman–Crippen MR) is 110 cm³/mol. The molecule has 2 saturated heterocycles. The van der Waals surface area contributed by atoms with E-state index in [1.807, 2.05) is 0 Å². The van der Waals surface area contributed by atoms with Crippen LogP contribution in [0.1, 0.15) is 0 Å². The molecule has 2 heterocycles. The average Bonchev–Trinajstić information content (AvgIpc) is 2.75. The molecule has 5 heteroatoms. The summed E-state index contributed by atoms with van der Waals surface area (Å²) in [5, 5.41) is 0. The van der Waals surface area contributed by atoms with Gasteiger partial charge in [0.25, 0.3) is 0 Å². The molecule has 27 heavy (non-hydrogen) atoms. The van der Waals surface area contributed by atoms with Gasteiger partial charge in [0.1, 0.15) is 11.5 Å². The van der Waals surface area contributed by atoms with Crippen molar-refractivity contribution in [1.82, 2.24) is 0 Å². The Bertz CT molecular complexity index is 660. The van der Waals surface area contributed by atoms with Gasteiger partial charge in [-0.2, -0.15) is 0 Å². The standard InChI is InChI=1S/C22H30N3O2/c1-26-21-7-3-19(4-8-21)23-11-15-25(16-12-23)17-13-24(14-18-25)20-5-9-22(27-2)10-6-20/h3-10H,11-18H2,1-2H3/q+1. The number of quaternary nitrogens is 1. The molecule has 0 saturated carbocycles. The second kappa shape index (κ2) is 7.69. The molecule has 0 bridgehead atoms. The van der Waals surface area contributed by atoms with Crippen LogP contribution in [-0.2, 0) is 0 Å². The molecule has 144 valence electrons. The van der Waals surface area contributed by atoms with Gasteiger partial charge in [-0.15, -0.1) is 0 Å². The fourth-order valence-electron chi connectivity index (χ4n) is 4.33. The van der Waals surface area contributed by atoms with Crippen molar-refractivity contribution in [2.24, 2.45) is 0 Å². The normalized spacial score (nSPS) is 19.2. The van der Waals surface area contributed by atoms with Crippen molar-refractivity contribution in [3.8, 4) is 11.5 Å². The van der Waals surface area contributed by atoms with E-state index in [0.29, 0.717) is 0 Å². The smallest absolute Gasteiger partial charge is 0.119 e. The Kier molecular flexibility index (Phi) is 5.12. The fourth-order valence-corrected chi connectivity index (χ4v) is 4.33. The quantitative estimate of drug-likeness (QED) is 0.775. The van der Waals surface area contributed by atoms with E-state index < -0.39 is 0 Å². The Labute approximate surface area is 162 Å². The van der Waals surface area contributed by atoms with Gasteiger partial charge in [0, 0.05) is 11.4 Å². The van der Waals surface area contributed by atoms with Gasteiger partial charge < -0.3 is 23.8 Å². The molecular weight excluding hydrogens is 338 g/mol. The highest BCUT2D eigenvalue weighted by Crippen LogP contribution is 2.26. The molecule has 0 atom stereocenters. The zero-order chi connectivity index (χ0) is 18.7. The molecule has 2 aliphatic rings. The largest absolute Gasteiger partial charge is 0.497 e. The van der Waals surface area contributed by atoms with Crippen molar-refractivity contribution in [3.63, 3.8) is 0 Å². The fraction of sp³-hybridized carbons (Fsp3) is 0.455. The van der Waals surface area contributed by atoms with Crippen molar-refractivity contribution in [3.05, 3.63) is 48.5 Å². The van der Waals surface area contributed by atoms with E-state index >= 15 is 0 Å². The molecule has 5 nitrogen and oxygen atoms in total. The first-order valence-corrected chi connectivity index (χ1v) is 9.84. The minimum Gasteiger partial charge on any atom is -0.497 e. The maximum absolute atomic E-state index is 5.27. The van der Waals surface area contributed by atoms with Gasteiger partial charge in [-0.05, 0) is 48.5 Å². The summed E-state index contributed by atoms with van der Waals surface area (Å²) in [4.78, 5) is 5.03. The first-order valence-electron chi connectivity index (χ1n) is 9.84.